The van der Waals surface area contributed by atoms with Crippen molar-refractivity contribution in [2.75, 3.05) is 21.3 Å². The number of hydrogen-bond acceptors (Lipinski definition) is 7. The second kappa shape index (κ2) is 8.87. The van der Waals surface area contributed by atoms with Gasteiger partial charge in [0.15, 0.2) is 17.2 Å². The van der Waals surface area contributed by atoms with Crippen LogP contribution >= 0.6 is 0 Å². The van der Waals surface area contributed by atoms with Crippen molar-refractivity contribution in [2.24, 2.45) is 0 Å². The van der Waals surface area contributed by atoms with Crippen molar-refractivity contribution in [3.8, 4) is 28.7 Å². The predicted octanol–water partition coefficient (Wildman–Crippen LogP) is 4.04. The van der Waals surface area contributed by atoms with Crippen molar-refractivity contribution in [3.63, 3.8) is 0 Å². The van der Waals surface area contributed by atoms with Crippen molar-refractivity contribution >= 4 is 12.0 Å². The molecule has 2 atom stereocenters. The molecule has 188 valence electrons. The maximum atomic E-state index is 12.6. The van der Waals surface area contributed by atoms with Gasteiger partial charge in [0.1, 0.15) is 11.5 Å². The summed E-state index contributed by atoms with van der Waals surface area (Å²) in [5.74, 6) is 1.89. The molecule has 2 aromatic carbocycles. The summed E-state index contributed by atoms with van der Waals surface area (Å²) in [6.45, 7) is 7.22. The topological polar surface area (TPSA) is 104 Å². The molecule has 1 saturated heterocycles. The number of fused-ring (bicyclic) bond motifs is 1. The molecule has 2 amide bonds. The average Bonchev–Trinajstić information content (AvgIpc) is 2.74. The predicted molar refractivity (Wildman–Crippen MR) is 129 cm³/mol. The molecule has 9 nitrogen and oxygen atoms in total. The number of urea groups is 1. The third-order valence-electron chi connectivity index (χ3n) is 6.38. The van der Waals surface area contributed by atoms with E-state index in [2.05, 4.69) is 10.6 Å². The van der Waals surface area contributed by atoms with E-state index in [0.717, 1.165) is 16.7 Å². The lowest BCUT2D eigenvalue weighted by atomic mass is 9.76. The van der Waals surface area contributed by atoms with Gasteiger partial charge in [0, 0.05) is 42.9 Å². The number of carbonyl (C=O) groups excluding carboxylic acids is 2. The summed E-state index contributed by atoms with van der Waals surface area (Å²) < 4.78 is 28.6. The third-order valence-corrected chi connectivity index (χ3v) is 6.38. The molecular weight excluding hydrogens is 452 g/mol. The Balaban J connectivity index is 1.92. The van der Waals surface area contributed by atoms with Gasteiger partial charge in [-0.25, -0.2) is 4.79 Å². The van der Waals surface area contributed by atoms with Gasteiger partial charge in [-0.1, -0.05) is 0 Å². The number of nitrogens with one attached hydrogen (secondary N) is 2. The zero-order valence-electron chi connectivity index (χ0n) is 21.2. The maximum absolute atomic E-state index is 12.6. The molecule has 4 rings (SSSR count). The first-order valence-electron chi connectivity index (χ1n) is 11.4. The van der Waals surface area contributed by atoms with Gasteiger partial charge in [0.2, 0.25) is 5.75 Å². The van der Waals surface area contributed by atoms with Crippen LogP contribution in [0.4, 0.5) is 4.79 Å². The van der Waals surface area contributed by atoms with Gasteiger partial charge >= 0.3 is 12.0 Å². The molecular formula is C26H32N2O7. The molecule has 0 aliphatic carbocycles. The van der Waals surface area contributed by atoms with Gasteiger partial charge in [0.25, 0.3) is 0 Å². The molecule has 0 saturated carbocycles. The van der Waals surface area contributed by atoms with Gasteiger partial charge in [-0.2, -0.15) is 0 Å². The number of ether oxygens (including phenoxy) is 5. The van der Waals surface area contributed by atoms with Crippen LogP contribution in [0.15, 0.2) is 24.3 Å². The van der Waals surface area contributed by atoms with Gasteiger partial charge < -0.3 is 34.3 Å². The fraction of sp³-hybridized carbons (Fsp3) is 0.462. The highest BCUT2D eigenvalue weighted by atomic mass is 16.5. The number of methoxy groups -OCH3 is 3. The molecule has 1 fully saturated rings. The minimum Gasteiger partial charge on any atom is -0.493 e. The Kier molecular flexibility index (Phi) is 6.21. The number of esters is 1. The summed E-state index contributed by atoms with van der Waals surface area (Å²) >= 11 is 0. The Hall–Kier alpha value is -3.62. The van der Waals surface area contributed by atoms with Crippen molar-refractivity contribution in [1.29, 1.82) is 0 Å². The summed E-state index contributed by atoms with van der Waals surface area (Å²) in [6, 6.07) is 7.06. The zero-order chi connectivity index (χ0) is 25.5. The SMILES string of the molecule is COc1cc(C2CC3(CC(C)(C)NC(=O)N3)Oc3cc(OC(C)=O)cc(C)c32)cc(OC)c1OC. The highest BCUT2D eigenvalue weighted by molar-refractivity contribution is 5.77. The van der Waals surface area contributed by atoms with Crippen LogP contribution in [-0.2, 0) is 4.79 Å². The summed E-state index contributed by atoms with van der Waals surface area (Å²) in [7, 11) is 4.71. The fourth-order valence-electron chi connectivity index (χ4n) is 5.29. The minimum absolute atomic E-state index is 0.187. The zero-order valence-corrected chi connectivity index (χ0v) is 21.2. The molecule has 0 aromatic heterocycles. The quantitative estimate of drug-likeness (QED) is 0.488. The van der Waals surface area contributed by atoms with E-state index in [9.17, 15) is 9.59 Å². The molecule has 2 heterocycles. The van der Waals surface area contributed by atoms with Crippen LogP contribution in [0.2, 0.25) is 0 Å². The fourth-order valence-corrected chi connectivity index (χ4v) is 5.29. The first-order valence-corrected chi connectivity index (χ1v) is 11.4. The Labute approximate surface area is 205 Å². The van der Waals surface area contributed by atoms with E-state index < -0.39 is 17.2 Å². The van der Waals surface area contributed by atoms with Crippen LogP contribution in [-0.4, -0.2) is 44.6 Å². The summed E-state index contributed by atoms with van der Waals surface area (Å²) in [6.07, 6.45) is 0.992. The molecule has 2 unspecified atom stereocenters. The van der Waals surface area contributed by atoms with E-state index in [0.29, 0.717) is 41.6 Å². The molecule has 1 spiro atoms. The Bertz CT molecular complexity index is 1150. The average molecular weight is 485 g/mol. The molecule has 2 N–H and O–H groups in total. The second-order valence-electron chi connectivity index (χ2n) is 9.70. The van der Waals surface area contributed by atoms with E-state index >= 15 is 0 Å². The Morgan fingerprint density at radius 3 is 2.23 bits per heavy atom. The monoisotopic (exact) mass is 484 g/mol. The molecule has 9 heteroatoms. The second-order valence-corrected chi connectivity index (χ2v) is 9.70. The molecule has 2 aliphatic heterocycles. The Morgan fingerprint density at radius 1 is 1.03 bits per heavy atom. The van der Waals surface area contributed by atoms with E-state index in [1.165, 1.54) is 6.92 Å². The number of aryl methyl sites for hydroxylation is 1. The molecule has 0 bridgehead atoms. The molecule has 2 aliphatic rings. The summed E-state index contributed by atoms with van der Waals surface area (Å²) in [4.78, 5) is 24.3. The highest BCUT2D eigenvalue weighted by Gasteiger charge is 2.50. The highest BCUT2D eigenvalue weighted by Crippen LogP contribution is 2.51. The number of benzene rings is 2. The smallest absolute Gasteiger partial charge is 0.318 e. The van der Waals surface area contributed by atoms with Crippen molar-refractivity contribution in [1.82, 2.24) is 10.6 Å². The Morgan fingerprint density at radius 2 is 1.69 bits per heavy atom. The van der Waals surface area contributed by atoms with Crippen LogP contribution in [0.3, 0.4) is 0 Å². The number of rotatable bonds is 5. The first-order chi connectivity index (χ1) is 16.5. The van der Waals surface area contributed by atoms with Crippen molar-refractivity contribution in [2.45, 2.75) is 57.7 Å². The lowest BCUT2D eigenvalue weighted by Gasteiger charge is -2.49. The van der Waals surface area contributed by atoms with E-state index in [4.69, 9.17) is 23.7 Å². The van der Waals surface area contributed by atoms with Crippen molar-refractivity contribution in [3.05, 3.63) is 41.0 Å². The standard InChI is InChI=1S/C26H32N2O7/c1-14-8-17(34-15(2)29)11-19-22(14)18(12-26(35-19)13-25(3,4)27-24(30)28-26)16-9-20(31-5)23(33-7)21(10-16)32-6/h8-11,18H,12-13H2,1-7H3,(H2,27,28,30). The molecule has 35 heavy (non-hydrogen) atoms. The van der Waals surface area contributed by atoms with Gasteiger partial charge in [-0.3, -0.25) is 4.79 Å². The van der Waals surface area contributed by atoms with Gasteiger partial charge in [-0.05, 0) is 50.1 Å². The van der Waals surface area contributed by atoms with Crippen LogP contribution in [0.25, 0.3) is 0 Å². The van der Waals surface area contributed by atoms with Crippen LogP contribution in [0.5, 0.6) is 28.7 Å². The maximum Gasteiger partial charge on any atom is 0.318 e. The van der Waals surface area contributed by atoms with Crippen molar-refractivity contribution < 1.29 is 33.3 Å². The first kappa shape index (κ1) is 24.5. The lowest BCUT2D eigenvalue weighted by molar-refractivity contribution is -0.131. The number of amides is 2. The molecule has 2 aromatic rings. The van der Waals surface area contributed by atoms with E-state index in [1.54, 1.807) is 27.4 Å². The van der Waals surface area contributed by atoms with E-state index in [1.807, 2.05) is 39.0 Å². The number of hydrogen-bond donors (Lipinski definition) is 2. The third kappa shape index (κ3) is 4.67. The van der Waals surface area contributed by atoms with Gasteiger partial charge in [-0.15, -0.1) is 0 Å². The minimum atomic E-state index is -0.981. The summed E-state index contributed by atoms with van der Waals surface area (Å²) in [5, 5.41) is 5.97. The van der Waals surface area contributed by atoms with E-state index in [-0.39, 0.29) is 11.9 Å². The number of carbonyl (C=O) groups is 2. The lowest BCUT2D eigenvalue weighted by Crippen LogP contribution is -2.69. The van der Waals surface area contributed by atoms with Crippen LogP contribution < -0.4 is 34.3 Å². The molecule has 0 radical (unpaired) electrons. The summed E-state index contributed by atoms with van der Waals surface area (Å²) in [5.41, 5.74) is 1.27. The van der Waals surface area contributed by atoms with Crippen LogP contribution in [0.1, 0.15) is 56.2 Å². The van der Waals surface area contributed by atoms with Gasteiger partial charge in [0.05, 0.1) is 21.3 Å². The largest absolute Gasteiger partial charge is 0.493 e. The van der Waals surface area contributed by atoms with Crippen LogP contribution in [0, 0.1) is 6.92 Å². The normalized spacial score (nSPS) is 22.3.